The van der Waals surface area contributed by atoms with E-state index >= 15 is 0 Å². The first-order valence-electron chi connectivity index (χ1n) is 23.6. The largest absolute Gasteiger partial charge is 0.481 e. The first-order chi connectivity index (χ1) is 35.4. The number of hydrogen-bond donors (Lipinski definition) is 17. The number of aliphatic hydroxyl groups excluding tert-OH is 3. The lowest BCUT2D eigenvalue weighted by Crippen LogP contribution is -2.62. The number of nitrogens with two attached hydrogens (primary N) is 5. The maximum absolute atomic E-state index is 14.0. The lowest BCUT2D eigenvalue weighted by Gasteiger charge is -2.31. The second-order valence-electron chi connectivity index (χ2n) is 17.2. The summed E-state index contributed by atoms with van der Waals surface area (Å²) in [5.41, 5.74) is 27.2. The number of carbonyl (C=O) groups excluding carboxylic acids is 8. The van der Waals surface area contributed by atoms with Crippen molar-refractivity contribution in [3.63, 3.8) is 0 Å². The molecule has 1 saturated heterocycles. The number of carbonyl (C=O) groups is 10. The van der Waals surface area contributed by atoms with Crippen LogP contribution in [0.4, 0.5) is 0 Å². The van der Waals surface area contributed by atoms with Crippen LogP contribution in [-0.4, -0.2) is 225 Å². The summed E-state index contributed by atoms with van der Waals surface area (Å²) in [6.45, 7) is -0.808. The average Bonchev–Trinajstić information content (AvgIpc) is 4.07. The van der Waals surface area contributed by atoms with Crippen LogP contribution in [0, 0.1) is 0 Å². The molecule has 0 aromatic heterocycles. The van der Waals surface area contributed by atoms with Gasteiger partial charge in [0.05, 0.1) is 31.8 Å². The van der Waals surface area contributed by atoms with Crippen LogP contribution in [0.5, 0.6) is 0 Å². The minimum atomic E-state index is -1.92. The molecule has 75 heavy (non-hydrogen) atoms. The fourth-order valence-corrected chi connectivity index (χ4v) is 7.83. The van der Waals surface area contributed by atoms with Crippen LogP contribution in [0.15, 0.2) is 20.0 Å². The van der Waals surface area contributed by atoms with Gasteiger partial charge in [-0.05, 0) is 63.9 Å². The van der Waals surface area contributed by atoms with Gasteiger partial charge in [0.1, 0.15) is 60.7 Å². The topological polar surface area (TPSA) is 539 Å². The molecule has 420 valence electrons. The van der Waals surface area contributed by atoms with Gasteiger partial charge < -0.3 is 96.3 Å². The molecule has 0 bridgehead atoms. The van der Waals surface area contributed by atoms with Crippen LogP contribution < -0.4 is 65.9 Å². The molecule has 11 atom stereocenters. The minimum absolute atomic E-state index is 0.00984. The molecule has 33 heteroatoms. The van der Waals surface area contributed by atoms with E-state index in [4.69, 9.17) is 28.7 Å². The molecule has 2 heterocycles. The highest BCUT2D eigenvalue weighted by Crippen LogP contribution is 2.20. The van der Waals surface area contributed by atoms with Crippen LogP contribution in [-0.2, 0) is 47.9 Å². The fraction of sp³-hybridized carbons (Fsp3) is 0.667. The summed E-state index contributed by atoms with van der Waals surface area (Å²) in [6.07, 6.45) is 1.42. The van der Waals surface area contributed by atoms with Crippen molar-refractivity contribution < 1.29 is 73.5 Å². The Kier molecular flexibility index (Phi) is 28.0. The molecule has 32 nitrogen and oxygen atoms in total. The summed E-state index contributed by atoms with van der Waals surface area (Å²) in [5, 5.41) is 66.2. The Bertz CT molecular complexity index is 2110. The van der Waals surface area contributed by atoms with Crippen LogP contribution >= 0.6 is 11.8 Å². The summed E-state index contributed by atoms with van der Waals surface area (Å²) in [4.78, 5) is 149. The molecular formula is C42H71N17O15S. The van der Waals surface area contributed by atoms with Gasteiger partial charge in [-0.3, -0.25) is 58.1 Å². The van der Waals surface area contributed by atoms with E-state index in [0.717, 1.165) is 11.2 Å². The van der Waals surface area contributed by atoms with Crippen molar-refractivity contribution in [2.24, 2.45) is 48.6 Å². The van der Waals surface area contributed by atoms with E-state index in [1.54, 1.807) is 6.26 Å². The summed E-state index contributed by atoms with van der Waals surface area (Å²) < 4.78 is 0. The number of hydrogen-bond acceptors (Lipinski definition) is 19. The third-order valence-corrected chi connectivity index (χ3v) is 12.0. The average molecular weight is 1090 g/mol. The SMILES string of the molecule is CSCC[C@H](NC(=O)[C@@H]1CCCN1C(=O)[C@@H](NC(=O)[C@H](CCCN=C(N)N)NC(=O)[C@H](CO)NC(=O)[C@H](CC1C=NC=N1)NC(=O)[C@H](CC(=O)O)NC(=O)[C@H](CCCN=C(N)N)NC(=O)[C@@H](N)CO)[C@@H](C)O)C(=O)O. The smallest absolute Gasteiger partial charge is 0.326 e. The van der Waals surface area contributed by atoms with Crippen LogP contribution in [0.25, 0.3) is 0 Å². The van der Waals surface area contributed by atoms with Gasteiger partial charge in [-0.2, -0.15) is 11.8 Å². The minimum Gasteiger partial charge on any atom is -0.481 e. The van der Waals surface area contributed by atoms with Gasteiger partial charge in [0, 0.05) is 32.3 Å². The van der Waals surface area contributed by atoms with Crippen LogP contribution in [0.1, 0.15) is 64.7 Å². The quantitative estimate of drug-likeness (QED) is 0.0162. The molecule has 2 aliphatic heterocycles. The van der Waals surface area contributed by atoms with Gasteiger partial charge >= 0.3 is 11.9 Å². The van der Waals surface area contributed by atoms with E-state index in [1.807, 2.05) is 0 Å². The summed E-state index contributed by atoms with van der Waals surface area (Å²) in [5.74, 6) is -11.4. The van der Waals surface area contributed by atoms with Crippen LogP contribution in [0.3, 0.4) is 0 Å². The van der Waals surface area contributed by atoms with E-state index in [1.165, 1.54) is 24.9 Å². The zero-order valence-corrected chi connectivity index (χ0v) is 42.3. The number of aliphatic hydroxyl groups is 3. The highest BCUT2D eigenvalue weighted by atomic mass is 32.2. The normalized spacial score (nSPS) is 18.2. The maximum atomic E-state index is 14.0. The lowest BCUT2D eigenvalue weighted by atomic mass is 10.0. The van der Waals surface area contributed by atoms with E-state index in [2.05, 4.69) is 57.2 Å². The van der Waals surface area contributed by atoms with Crippen molar-refractivity contribution in [3.8, 4) is 0 Å². The molecule has 0 aliphatic carbocycles. The van der Waals surface area contributed by atoms with Crippen molar-refractivity contribution in [3.05, 3.63) is 0 Å². The number of carboxylic acid groups (broad SMARTS) is 2. The predicted molar refractivity (Wildman–Crippen MR) is 270 cm³/mol. The Balaban J connectivity index is 2.39. The number of aliphatic imine (C=N–C) groups is 4. The van der Waals surface area contributed by atoms with Crippen molar-refractivity contribution in [2.45, 2.75) is 131 Å². The van der Waals surface area contributed by atoms with Gasteiger partial charge in [-0.1, -0.05) is 0 Å². The summed E-state index contributed by atoms with van der Waals surface area (Å²) >= 11 is 1.37. The van der Waals surface area contributed by atoms with E-state index in [0.29, 0.717) is 12.2 Å². The third-order valence-electron chi connectivity index (χ3n) is 11.3. The predicted octanol–water partition coefficient (Wildman–Crippen LogP) is -8.65. The Morgan fingerprint density at radius 3 is 1.73 bits per heavy atom. The molecule has 22 N–H and O–H groups in total. The molecule has 0 aromatic carbocycles. The van der Waals surface area contributed by atoms with Crippen LogP contribution in [0.2, 0.25) is 0 Å². The summed E-state index contributed by atoms with van der Waals surface area (Å²) in [7, 11) is 0. The standard InChI is InChI=1S/C42H71N17O15S/c1-20(62)31(39(72)59-12-5-8-29(59)38(71)54-25(40(73)74)9-13-75-2)58-34(67)24(7-4-11-50-42(46)47)53-37(70)28(18-61)57-35(68)26(14-21-16-48-19-51-21)55-36(69)27(15-30(63)64)56-33(66)23(6-3-10-49-41(44)45)52-32(65)22(43)17-60/h16,19-29,31,60-62H,3-15,17-18,43H2,1-2H3,(H,52,65)(H,53,70)(H,54,71)(H,55,69)(H,56,66)(H,57,68)(H,58,67)(H,63,64)(H,73,74)(H4,44,45,49)(H4,46,47,50)/t20-,21?,22+,23+,24+,25+,26+,27+,28+,29+,31+/m1/s1. The molecule has 1 unspecified atom stereocenters. The van der Waals surface area contributed by atoms with Gasteiger partial charge in [-0.25, -0.2) is 9.79 Å². The van der Waals surface area contributed by atoms with Crippen molar-refractivity contribution in [1.29, 1.82) is 0 Å². The number of likely N-dealkylation sites (tertiary alicyclic amines) is 1. The highest BCUT2D eigenvalue weighted by Gasteiger charge is 2.41. The number of rotatable bonds is 34. The molecule has 0 spiro atoms. The molecule has 2 aliphatic rings. The zero-order chi connectivity index (χ0) is 56.4. The number of carboxylic acids is 2. The fourth-order valence-electron chi connectivity index (χ4n) is 7.35. The molecule has 0 saturated carbocycles. The lowest BCUT2D eigenvalue weighted by molar-refractivity contribution is -0.146. The van der Waals surface area contributed by atoms with E-state index < -0.39 is 145 Å². The second kappa shape index (κ2) is 32.8. The number of guanidine groups is 2. The Morgan fingerprint density at radius 2 is 1.23 bits per heavy atom. The van der Waals surface area contributed by atoms with Crippen molar-refractivity contribution in [2.75, 3.05) is 44.9 Å². The number of amides is 8. The van der Waals surface area contributed by atoms with Gasteiger partial charge in [0.2, 0.25) is 47.3 Å². The number of aliphatic carboxylic acids is 2. The monoisotopic (exact) mass is 1090 g/mol. The molecule has 1 fully saturated rings. The first-order valence-corrected chi connectivity index (χ1v) is 25.0. The van der Waals surface area contributed by atoms with Gasteiger partial charge in [-0.15, -0.1) is 0 Å². The van der Waals surface area contributed by atoms with Gasteiger partial charge in [0.25, 0.3) is 0 Å². The third kappa shape index (κ3) is 22.4. The molecule has 2 rings (SSSR count). The maximum Gasteiger partial charge on any atom is 0.326 e. The molecular weight excluding hydrogens is 1010 g/mol. The Morgan fingerprint density at radius 1 is 0.707 bits per heavy atom. The Labute approximate surface area is 434 Å². The van der Waals surface area contributed by atoms with E-state index in [9.17, 15) is 73.5 Å². The van der Waals surface area contributed by atoms with E-state index in [-0.39, 0.29) is 76.5 Å². The molecule has 0 aromatic rings. The highest BCUT2D eigenvalue weighted by molar-refractivity contribution is 7.98. The molecule has 8 amide bonds. The van der Waals surface area contributed by atoms with Crippen molar-refractivity contribution >= 4 is 95.4 Å². The first kappa shape index (κ1) is 63.9. The Hall–Kier alpha value is -7.23. The number of nitrogens with one attached hydrogen (secondary N) is 7. The summed E-state index contributed by atoms with van der Waals surface area (Å²) in [6, 6.07) is -15.0. The van der Waals surface area contributed by atoms with Gasteiger partial charge in [0.15, 0.2) is 11.9 Å². The number of thioether (sulfide) groups is 1. The zero-order valence-electron chi connectivity index (χ0n) is 41.5. The second-order valence-corrected chi connectivity index (χ2v) is 18.2. The number of nitrogens with zero attached hydrogens (tertiary/aromatic N) is 5. The van der Waals surface area contributed by atoms with Crippen molar-refractivity contribution in [1.82, 2.24) is 42.1 Å². The molecule has 0 radical (unpaired) electrons.